The number of halogens is 1. The molecule has 0 spiro atoms. The monoisotopic (exact) mass is 348 g/mol. The second-order valence-corrected chi connectivity index (χ2v) is 7.78. The van der Waals surface area contributed by atoms with Gasteiger partial charge in [0.1, 0.15) is 0 Å². The Hall–Kier alpha value is -1.06. The van der Waals surface area contributed by atoms with Gasteiger partial charge in [0.05, 0.1) is 6.04 Å². The second-order valence-electron chi connectivity index (χ2n) is 7.78. The van der Waals surface area contributed by atoms with Crippen molar-refractivity contribution in [3.8, 4) is 0 Å². The number of nitrogens with zero attached hydrogens (tertiary/aromatic N) is 1. The number of hydrogen-bond acceptors (Lipinski definition) is 2. The number of amides is 1. The molecule has 2 saturated heterocycles. The van der Waals surface area contributed by atoms with Gasteiger partial charge in [-0.2, -0.15) is 0 Å². The first-order chi connectivity index (χ1) is 11.2. The molecule has 3 fully saturated rings. The summed E-state index contributed by atoms with van der Waals surface area (Å²) in [6, 6.07) is 8.92. The molecule has 0 aromatic heterocycles. The second kappa shape index (κ2) is 7.45. The molecular weight excluding hydrogens is 320 g/mol. The molecule has 1 aromatic rings. The maximum Gasteiger partial charge on any atom is 0.223 e. The van der Waals surface area contributed by atoms with E-state index in [-0.39, 0.29) is 18.4 Å². The number of fused-ring (bicyclic) bond motifs is 1. The summed E-state index contributed by atoms with van der Waals surface area (Å²) in [6.07, 6.45) is 5.91. The summed E-state index contributed by atoms with van der Waals surface area (Å²) in [5.74, 6) is 2.26. The maximum atomic E-state index is 13.0. The average molecular weight is 349 g/mol. The van der Waals surface area contributed by atoms with E-state index >= 15 is 0 Å². The molecule has 0 radical (unpaired) electrons. The fraction of sp³-hybridized carbons (Fsp3) is 0.650. The summed E-state index contributed by atoms with van der Waals surface area (Å²) in [5.41, 5.74) is 2.69. The molecule has 1 amide bonds. The fourth-order valence-electron chi connectivity index (χ4n) is 5.07. The molecule has 3 atom stereocenters. The number of carbonyl (C=O) groups excluding carboxylic acids is 1. The van der Waals surface area contributed by atoms with E-state index in [0.717, 1.165) is 26.1 Å². The number of nitrogens with one attached hydrogen (secondary N) is 1. The number of carbonyl (C=O) groups is 1. The van der Waals surface area contributed by atoms with Crippen LogP contribution in [0.2, 0.25) is 0 Å². The largest absolute Gasteiger partial charge is 0.335 e. The summed E-state index contributed by atoms with van der Waals surface area (Å²) in [5, 5.41) is 3.54. The van der Waals surface area contributed by atoms with Crippen LogP contribution in [0.4, 0.5) is 0 Å². The summed E-state index contributed by atoms with van der Waals surface area (Å²) >= 11 is 0. The van der Waals surface area contributed by atoms with E-state index in [4.69, 9.17) is 0 Å². The van der Waals surface area contributed by atoms with Crippen molar-refractivity contribution < 1.29 is 4.79 Å². The van der Waals surface area contributed by atoms with Gasteiger partial charge in [-0.05, 0) is 42.7 Å². The highest BCUT2D eigenvalue weighted by molar-refractivity contribution is 5.85. The zero-order valence-electron chi connectivity index (χ0n) is 14.5. The van der Waals surface area contributed by atoms with Gasteiger partial charge in [0.15, 0.2) is 0 Å². The molecule has 132 valence electrons. The van der Waals surface area contributed by atoms with Gasteiger partial charge in [-0.1, -0.05) is 37.1 Å². The summed E-state index contributed by atoms with van der Waals surface area (Å²) in [7, 11) is 0. The number of benzene rings is 1. The van der Waals surface area contributed by atoms with Crippen LogP contribution in [0.1, 0.15) is 49.3 Å². The van der Waals surface area contributed by atoms with Crippen LogP contribution < -0.4 is 5.32 Å². The zero-order chi connectivity index (χ0) is 15.8. The van der Waals surface area contributed by atoms with Crippen LogP contribution in [-0.4, -0.2) is 30.4 Å². The predicted octanol–water partition coefficient (Wildman–Crippen LogP) is 3.72. The third-order valence-corrected chi connectivity index (χ3v) is 6.33. The van der Waals surface area contributed by atoms with Gasteiger partial charge in [-0.15, -0.1) is 12.4 Å². The van der Waals surface area contributed by atoms with Crippen molar-refractivity contribution in [2.24, 2.45) is 17.8 Å². The van der Waals surface area contributed by atoms with Gasteiger partial charge >= 0.3 is 0 Å². The third kappa shape index (κ3) is 3.21. The van der Waals surface area contributed by atoms with Gasteiger partial charge in [-0.25, -0.2) is 0 Å². The highest BCUT2D eigenvalue weighted by Gasteiger charge is 2.47. The molecule has 24 heavy (non-hydrogen) atoms. The Bertz CT molecular complexity index is 585. The molecule has 3 nitrogen and oxygen atoms in total. The average Bonchev–Trinajstić information content (AvgIpc) is 3.24. The molecule has 2 aliphatic heterocycles. The van der Waals surface area contributed by atoms with E-state index in [0.29, 0.717) is 23.7 Å². The van der Waals surface area contributed by atoms with Crippen molar-refractivity contribution in [2.75, 3.05) is 19.6 Å². The molecule has 1 aliphatic carbocycles. The molecule has 4 rings (SSSR count). The molecule has 3 aliphatic rings. The van der Waals surface area contributed by atoms with Crippen molar-refractivity contribution in [3.05, 3.63) is 35.4 Å². The lowest BCUT2D eigenvalue weighted by Crippen LogP contribution is -2.35. The van der Waals surface area contributed by atoms with Crippen LogP contribution in [0.15, 0.2) is 24.3 Å². The van der Waals surface area contributed by atoms with E-state index < -0.39 is 0 Å². The Morgan fingerprint density at radius 1 is 1.21 bits per heavy atom. The molecule has 2 heterocycles. The van der Waals surface area contributed by atoms with Gasteiger partial charge in [0, 0.05) is 32.0 Å². The van der Waals surface area contributed by atoms with Crippen LogP contribution in [-0.2, 0) is 4.79 Å². The molecule has 4 heteroatoms. The number of rotatable bonds is 3. The Balaban J connectivity index is 0.00000169. The molecule has 1 N–H and O–H groups in total. The van der Waals surface area contributed by atoms with Crippen LogP contribution in [0.3, 0.4) is 0 Å². The highest BCUT2D eigenvalue weighted by Crippen LogP contribution is 2.44. The maximum absolute atomic E-state index is 13.0. The Labute approximate surface area is 151 Å². The van der Waals surface area contributed by atoms with Crippen LogP contribution >= 0.6 is 12.4 Å². The van der Waals surface area contributed by atoms with Crippen LogP contribution in [0.25, 0.3) is 0 Å². The Morgan fingerprint density at radius 3 is 2.71 bits per heavy atom. The Kier molecular flexibility index (Phi) is 5.51. The topological polar surface area (TPSA) is 32.3 Å². The molecule has 1 saturated carbocycles. The van der Waals surface area contributed by atoms with E-state index in [2.05, 4.69) is 41.4 Å². The lowest BCUT2D eigenvalue weighted by atomic mass is 9.87. The number of likely N-dealkylation sites (tertiary alicyclic amines) is 1. The van der Waals surface area contributed by atoms with Crippen molar-refractivity contribution in [1.82, 2.24) is 10.2 Å². The molecular formula is C20H29ClN2O. The van der Waals surface area contributed by atoms with E-state index in [9.17, 15) is 4.79 Å². The zero-order valence-corrected chi connectivity index (χ0v) is 15.4. The summed E-state index contributed by atoms with van der Waals surface area (Å²) < 4.78 is 0. The van der Waals surface area contributed by atoms with Crippen molar-refractivity contribution in [3.63, 3.8) is 0 Å². The van der Waals surface area contributed by atoms with Gasteiger partial charge < -0.3 is 10.2 Å². The number of aryl methyl sites for hydroxylation is 1. The quantitative estimate of drug-likeness (QED) is 0.903. The van der Waals surface area contributed by atoms with E-state index in [1.807, 2.05) is 0 Å². The lowest BCUT2D eigenvalue weighted by molar-refractivity contribution is -0.133. The molecule has 0 bridgehead atoms. The molecule has 0 unspecified atom stereocenters. The highest BCUT2D eigenvalue weighted by atomic mass is 35.5. The van der Waals surface area contributed by atoms with Crippen molar-refractivity contribution in [1.29, 1.82) is 0 Å². The number of hydrogen-bond donors (Lipinski definition) is 1. The summed E-state index contributed by atoms with van der Waals surface area (Å²) in [6.45, 7) is 5.25. The van der Waals surface area contributed by atoms with Gasteiger partial charge in [-0.3, -0.25) is 4.79 Å². The Morgan fingerprint density at radius 2 is 1.96 bits per heavy atom. The van der Waals surface area contributed by atoms with Crippen LogP contribution in [0, 0.1) is 24.7 Å². The van der Waals surface area contributed by atoms with Crippen LogP contribution in [0.5, 0.6) is 0 Å². The first kappa shape index (κ1) is 17.8. The van der Waals surface area contributed by atoms with Gasteiger partial charge in [0.25, 0.3) is 0 Å². The van der Waals surface area contributed by atoms with Gasteiger partial charge in [0.2, 0.25) is 5.91 Å². The third-order valence-electron chi connectivity index (χ3n) is 6.33. The first-order valence-electron chi connectivity index (χ1n) is 9.29. The predicted molar refractivity (Wildman–Crippen MR) is 99.3 cm³/mol. The van der Waals surface area contributed by atoms with E-state index in [1.165, 1.54) is 36.8 Å². The van der Waals surface area contributed by atoms with Crippen molar-refractivity contribution >= 4 is 18.3 Å². The normalized spacial score (nSPS) is 29.5. The first-order valence-corrected chi connectivity index (χ1v) is 9.29. The fourth-order valence-corrected chi connectivity index (χ4v) is 5.07. The standard InChI is InChI=1S/C20H28N2O.ClH/c1-14-6-2-5-9-17(14)20-18-12-21-11-16(18)13-22(20)19(23)10-15-7-3-4-8-15;/h2,5-6,9,15-16,18,20-21H,3-4,7-8,10-13H2,1H3;1H/t16-,18-,20+;/m0./s1. The molecule has 1 aromatic carbocycles. The van der Waals surface area contributed by atoms with Crippen molar-refractivity contribution in [2.45, 2.75) is 45.1 Å². The minimum atomic E-state index is 0. The van der Waals surface area contributed by atoms with E-state index in [1.54, 1.807) is 0 Å². The minimum Gasteiger partial charge on any atom is -0.335 e. The summed E-state index contributed by atoms with van der Waals surface area (Å²) in [4.78, 5) is 15.3. The SMILES string of the molecule is Cc1ccccc1[C@@H]1[C@H]2CNC[C@H]2CN1C(=O)CC1CCCC1.Cl. The minimum absolute atomic E-state index is 0. The lowest BCUT2D eigenvalue weighted by Gasteiger charge is -2.30. The smallest absolute Gasteiger partial charge is 0.223 e.